The molecular weight excluding hydrogens is 226 g/mol. The van der Waals surface area contributed by atoms with Crippen LogP contribution in [0, 0.1) is 0 Å². The molecule has 1 heterocycles. The summed E-state index contributed by atoms with van der Waals surface area (Å²) in [5.74, 6) is -0.903. The van der Waals surface area contributed by atoms with Crippen LogP contribution in [0.5, 0.6) is 0 Å². The minimum atomic E-state index is -0.903. The number of rotatable bonds is 2. The maximum absolute atomic E-state index is 11.3. The standard InChI is InChI=1S/C15H11NO2/c17-15(18)13-9-11(14-6-3-7-16-14)8-10-4-1-2-5-12(10)13/h1-9,16H,(H,17,18). The van der Waals surface area contributed by atoms with Crippen LogP contribution in [0.4, 0.5) is 0 Å². The van der Waals surface area contributed by atoms with Gasteiger partial charge in [-0.25, -0.2) is 4.79 Å². The average Bonchev–Trinajstić information content (AvgIpc) is 2.91. The highest BCUT2D eigenvalue weighted by atomic mass is 16.4. The van der Waals surface area contributed by atoms with Gasteiger partial charge in [0.2, 0.25) is 0 Å². The van der Waals surface area contributed by atoms with Gasteiger partial charge in [-0.15, -0.1) is 0 Å². The van der Waals surface area contributed by atoms with Crippen LogP contribution >= 0.6 is 0 Å². The molecule has 88 valence electrons. The molecule has 18 heavy (non-hydrogen) atoms. The van der Waals surface area contributed by atoms with Gasteiger partial charge in [-0.1, -0.05) is 24.3 Å². The lowest BCUT2D eigenvalue weighted by Crippen LogP contribution is -1.98. The third-order valence-electron chi connectivity index (χ3n) is 3.00. The summed E-state index contributed by atoms with van der Waals surface area (Å²) < 4.78 is 0. The predicted molar refractivity (Wildman–Crippen MR) is 70.7 cm³/mol. The Morgan fingerprint density at radius 2 is 1.89 bits per heavy atom. The van der Waals surface area contributed by atoms with Crippen LogP contribution < -0.4 is 0 Å². The molecule has 0 aliphatic rings. The van der Waals surface area contributed by atoms with Crippen LogP contribution in [0.15, 0.2) is 54.7 Å². The van der Waals surface area contributed by atoms with E-state index < -0.39 is 5.97 Å². The molecule has 1 aromatic heterocycles. The summed E-state index contributed by atoms with van der Waals surface area (Å²) in [6.45, 7) is 0. The summed E-state index contributed by atoms with van der Waals surface area (Å²) >= 11 is 0. The number of hydrogen-bond donors (Lipinski definition) is 2. The van der Waals surface area contributed by atoms with Gasteiger partial charge in [0, 0.05) is 11.9 Å². The van der Waals surface area contributed by atoms with Crippen LogP contribution in [0.25, 0.3) is 22.0 Å². The molecule has 0 radical (unpaired) electrons. The molecule has 0 saturated carbocycles. The van der Waals surface area contributed by atoms with E-state index in [1.54, 1.807) is 6.07 Å². The lowest BCUT2D eigenvalue weighted by Gasteiger charge is -2.06. The highest BCUT2D eigenvalue weighted by molar-refractivity contribution is 6.05. The van der Waals surface area contributed by atoms with E-state index in [1.807, 2.05) is 48.7 Å². The molecular formula is C15H11NO2. The second-order valence-electron chi connectivity index (χ2n) is 4.13. The fourth-order valence-corrected chi connectivity index (χ4v) is 2.15. The second kappa shape index (κ2) is 4.04. The van der Waals surface area contributed by atoms with Gasteiger partial charge in [0.1, 0.15) is 0 Å². The third kappa shape index (κ3) is 1.66. The number of benzene rings is 2. The molecule has 0 bridgehead atoms. The van der Waals surface area contributed by atoms with E-state index >= 15 is 0 Å². The third-order valence-corrected chi connectivity index (χ3v) is 3.00. The summed E-state index contributed by atoms with van der Waals surface area (Å²) in [5, 5.41) is 11.0. The summed E-state index contributed by atoms with van der Waals surface area (Å²) in [4.78, 5) is 14.4. The molecule has 0 spiro atoms. The van der Waals surface area contributed by atoms with Crippen molar-refractivity contribution in [1.29, 1.82) is 0 Å². The first-order chi connectivity index (χ1) is 8.75. The van der Waals surface area contributed by atoms with Gasteiger partial charge in [0.25, 0.3) is 0 Å². The van der Waals surface area contributed by atoms with Crippen molar-refractivity contribution in [3.05, 3.63) is 60.3 Å². The average molecular weight is 237 g/mol. The van der Waals surface area contributed by atoms with Crippen molar-refractivity contribution in [3.63, 3.8) is 0 Å². The van der Waals surface area contributed by atoms with Crippen molar-refractivity contribution in [1.82, 2.24) is 4.98 Å². The number of nitrogens with one attached hydrogen (secondary N) is 1. The van der Waals surface area contributed by atoms with Crippen molar-refractivity contribution in [2.75, 3.05) is 0 Å². The van der Waals surface area contributed by atoms with Gasteiger partial charge in [-0.05, 0) is 40.6 Å². The number of carbonyl (C=O) groups is 1. The smallest absolute Gasteiger partial charge is 0.336 e. The molecule has 2 N–H and O–H groups in total. The lowest BCUT2D eigenvalue weighted by molar-refractivity contribution is 0.0699. The molecule has 3 heteroatoms. The van der Waals surface area contributed by atoms with Crippen molar-refractivity contribution in [2.45, 2.75) is 0 Å². The highest BCUT2D eigenvalue weighted by Crippen LogP contribution is 2.26. The minimum Gasteiger partial charge on any atom is -0.478 e. The van der Waals surface area contributed by atoms with Crippen LogP contribution in [-0.4, -0.2) is 16.1 Å². The normalized spacial score (nSPS) is 10.7. The van der Waals surface area contributed by atoms with Crippen molar-refractivity contribution in [2.24, 2.45) is 0 Å². The molecule has 0 aliphatic heterocycles. The van der Waals surface area contributed by atoms with Gasteiger partial charge < -0.3 is 10.1 Å². The number of aromatic nitrogens is 1. The van der Waals surface area contributed by atoms with Crippen LogP contribution in [0.2, 0.25) is 0 Å². The Labute approximate surface area is 104 Å². The Morgan fingerprint density at radius 1 is 1.06 bits per heavy atom. The Kier molecular flexibility index (Phi) is 2.38. The minimum absolute atomic E-state index is 0.331. The van der Waals surface area contributed by atoms with Crippen LogP contribution in [0.3, 0.4) is 0 Å². The molecule has 0 unspecified atom stereocenters. The molecule has 3 rings (SSSR count). The van der Waals surface area contributed by atoms with E-state index in [0.29, 0.717) is 5.56 Å². The predicted octanol–water partition coefficient (Wildman–Crippen LogP) is 3.53. The van der Waals surface area contributed by atoms with Crippen molar-refractivity contribution < 1.29 is 9.90 Å². The maximum atomic E-state index is 11.3. The lowest BCUT2D eigenvalue weighted by atomic mass is 9.99. The van der Waals surface area contributed by atoms with E-state index in [4.69, 9.17) is 0 Å². The van der Waals surface area contributed by atoms with E-state index in [0.717, 1.165) is 22.0 Å². The fraction of sp³-hybridized carbons (Fsp3) is 0. The quantitative estimate of drug-likeness (QED) is 0.716. The zero-order chi connectivity index (χ0) is 12.5. The molecule has 2 aromatic carbocycles. The number of carboxylic acids is 1. The molecule has 0 amide bonds. The molecule has 3 aromatic rings. The zero-order valence-corrected chi connectivity index (χ0v) is 9.55. The van der Waals surface area contributed by atoms with Crippen molar-refractivity contribution >= 4 is 16.7 Å². The van der Waals surface area contributed by atoms with Crippen LogP contribution in [-0.2, 0) is 0 Å². The van der Waals surface area contributed by atoms with E-state index in [9.17, 15) is 9.90 Å². The van der Waals surface area contributed by atoms with Gasteiger partial charge in [-0.3, -0.25) is 0 Å². The summed E-state index contributed by atoms with van der Waals surface area (Å²) in [5.41, 5.74) is 2.14. The zero-order valence-electron chi connectivity index (χ0n) is 9.55. The maximum Gasteiger partial charge on any atom is 0.336 e. The Bertz CT molecular complexity index is 714. The molecule has 0 aliphatic carbocycles. The van der Waals surface area contributed by atoms with E-state index in [1.165, 1.54) is 0 Å². The first-order valence-corrected chi connectivity index (χ1v) is 5.65. The Balaban J connectivity index is 2.33. The van der Waals surface area contributed by atoms with E-state index in [-0.39, 0.29) is 0 Å². The number of aromatic amines is 1. The number of hydrogen-bond acceptors (Lipinski definition) is 1. The summed E-state index contributed by atoms with van der Waals surface area (Å²) in [6.07, 6.45) is 1.82. The fourth-order valence-electron chi connectivity index (χ4n) is 2.15. The number of H-pyrrole nitrogens is 1. The summed E-state index contributed by atoms with van der Waals surface area (Å²) in [6, 6.07) is 15.0. The van der Waals surface area contributed by atoms with Gasteiger partial charge in [-0.2, -0.15) is 0 Å². The Morgan fingerprint density at radius 3 is 2.61 bits per heavy atom. The summed E-state index contributed by atoms with van der Waals surface area (Å²) in [7, 11) is 0. The SMILES string of the molecule is O=C(O)c1cc(-c2ccc[nH]2)cc2ccccc12. The first kappa shape index (κ1) is 10.6. The van der Waals surface area contributed by atoms with Crippen LogP contribution in [0.1, 0.15) is 10.4 Å². The largest absolute Gasteiger partial charge is 0.478 e. The Hall–Kier alpha value is -2.55. The number of aromatic carboxylic acids is 1. The van der Waals surface area contributed by atoms with E-state index in [2.05, 4.69) is 4.98 Å². The van der Waals surface area contributed by atoms with Gasteiger partial charge in [0.15, 0.2) is 0 Å². The molecule has 0 atom stereocenters. The van der Waals surface area contributed by atoms with Gasteiger partial charge in [0.05, 0.1) is 5.56 Å². The molecule has 0 fully saturated rings. The molecule has 3 nitrogen and oxygen atoms in total. The first-order valence-electron chi connectivity index (χ1n) is 5.65. The number of carboxylic acid groups (broad SMARTS) is 1. The number of fused-ring (bicyclic) bond motifs is 1. The molecule has 0 saturated heterocycles. The van der Waals surface area contributed by atoms with Crippen molar-refractivity contribution in [3.8, 4) is 11.3 Å². The van der Waals surface area contributed by atoms with Gasteiger partial charge >= 0.3 is 5.97 Å². The highest BCUT2D eigenvalue weighted by Gasteiger charge is 2.11. The monoisotopic (exact) mass is 237 g/mol. The topological polar surface area (TPSA) is 53.1 Å². The second-order valence-corrected chi connectivity index (χ2v) is 4.13.